The molecule has 4 aliphatic carbocycles. The number of hydrogen-bond donors (Lipinski definition) is 1. The van der Waals surface area contributed by atoms with E-state index >= 15 is 0 Å². The number of rotatable bonds is 7. The lowest BCUT2D eigenvalue weighted by Gasteiger charge is -2.55. The van der Waals surface area contributed by atoms with Gasteiger partial charge in [-0.05, 0) is 56.3 Å². The maximum atomic E-state index is 12.8. The minimum Gasteiger partial charge on any atom is -0.355 e. The zero-order valence-electron chi connectivity index (χ0n) is 15.0. The number of amides is 2. The zero-order chi connectivity index (χ0) is 18.9. The first-order chi connectivity index (χ1) is 12.2. The van der Waals surface area contributed by atoms with Crippen LogP contribution in [-0.2, 0) is 9.59 Å². The van der Waals surface area contributed by atoms with E-state index in [1.807, 2.05) is 0 Å². The van der Waals surface area contributed by atoms with Gasteiger partial charge in [-0.25, -0.2) is 0 Å². The average molecular weight is 372 g/mol. The molecule has 0 saturated heterocycles. The number of nitrogens with zero attached hydrogens (tertiary/aromatic N) is 1. The second-order valence-corrected chi connectivity index (χ2v) is 8.38. The van der Waals surface area contributed by atoms with Crippen molar-refractivity contribution in [2.45, 2.75) is 51.1 Å². The van der Waals surface area contributed by atoms with Crippen molar-refractivity contribution < 1.29 is 22.8 Å². The van der Waals surface area contributed by atoms with E-state index in [1.165, 1.54) is 25.3 Å². The largest absolute Gasteiger partial charge is 0.406 e. The van der Waals surface area contributed by atoms with Gasteiger partial charge in [-0.3, -0.25) is 9.59 Å². The fraction of sp³-hybridized carbons (Fsp3) is 0.789. The van der Waals surface area contributed by atoms with Gasteiger partial charge in [-0.1, -0.05) is 6.08 Å². The minimum atomic E-state index is -4.44. The highest BCUT2D eigenvalue weighted by atomic mass is 19.4. The van der Waals surface area contributed by atoms with Crippen molar-refractivity contribution >= 4 is 11.8 Å². The summed E-state index contributed by atoms with van der Waals surface area (Å²) in [6.45, 7) is 2.04. The van der Waals surface area contributed by atoms with E-state index in [2.05, 4.69) is 11.9 Å². The maximum Gasteiger partial charge on any atom is 0.406 e. The van der Waals surface area contributed by atoms with Gasteiger partial charge in [0.15, 0.2) is 0 Å². The van der Waals surface area contributed by atoms with Crippen LogP contribution in [0.25, 0.3) is 0 Å². The van der Waals surface area contributed by atoms with Gasteiger partial charge < -0.3 is 10.2 Å². The van der Waals surface area contributed by atoms with Crippen molar-refractivity contribution in [3.8, 4) is 0 Å². The van der Waals surface area contributed by atoms with Crippen molar-refractivity contribution in [1.82, 2.24) is 10.2 Å². The maximum absolute atomic E-state index is 12.8. The number of carbonyl (C=O) groups is 2. The number of carbonyl (C=O) groups excluding carboxylic acids is 2. The third kappa shape index (κ3) is 4.23. The Kier molecular flexibility index (Phi) is 5.35. The molecule has 1 N–H and O–H groups in total. The van der Waals surface area contributed by atoms with Crippen LogP contribution in [0.1, 0.15) is 44.9 Å². The summed E-state index contributed by atoms with van der Waals surface area (Å²) >= 11 is 0. The first-order valence-corrected chi connectivity index (χ1v) is 9.44. The highest BCUT2D eigenvalue weighted by Crippen LogP contribution is 2.60. The van der Waals surface area contributed by atoms with Crippen molar-refractivity contribution in [3.63, 3.8) is 0 Å². The van der Waals surface area contributed by atoms with Crippen LogP contribution in [0.5, 0.6) is 0 Å². The molecule has 0 unspecified atom stereocenters. The normalized spacial score (nSPS) is 32.3. The molecule has 4 nitrogen and oxygen atoms in total. The number of nitrogens with one attached hydrogen (secondary N) is 1. The van der Waals surface area contributed by atoms with E-state index in [9.17, 15) is 22.8 Å². The van der Waals surface area contributed by atoms with Gasteiger partial charge in [0.25, 0.3) is 0 Å². The molecule has 4 rings (SSSR count). The molecule has 2 amide bonds. The Morgan fingerprint density at radius 1 is 1.12 bits per heavy atom. The molecule has 146 valence electrons. The molecule has 0 spiro atoms. The molecule has 0 radical (unpaired) electrons. The van der Waals surface area contributed by atoms with Gasteiger partial charge in [-0.15, -0.1) is 6.58 Å². The Bertz CT molecular complexity index is 538. The summed E-state index contributed by atoms with van der Waals surface area (Å²) in [4.78, 5) is 25.6. The van der Waals surface area contributed by atoms with Gasteiger partial charge in [0.2, 0.25) is 11.8 Å². The van der Waals surface area contributed by atoms with Gasteiger partial charge >= 0.3 is 6.18 Å². The molecule has 0 aromatic heterocycles. The van der Waals surface area contributed by atoms with Crippen LogP contribution in [0.4, 0.5) is 13.2 Å². The monoisotopic (exact) mass is 372 g/mol. The fourth-order valence-corrected chi connectivity index (χ4v) is 5.64. The van der Waals surface area contributed by atoms with E-state index < -0.39 is 18.6 Å². The molecule has 0 aromatic carbocycles. The summed E-state index contributed by atoms with van der Waals surface area (Å²) in [6.07, 6.45) is 3.19. The van der Waals surface area contributed by atoms with Crippen molar-refractivity contribution in [2.75, 3.05) is 19.6 Å². The molecule has 26 heavy (non-hydrogen) atoms. The van der Waals surface area contributed by atoms with Gasteiger partial charge in [-0.2, -0.15) is 13.2 Å². The van der Waals surface area contributed by atoms with Crippen LogP contribution in [0, 0.1) is 23.2 Å². The lowest BCUT2D eigenvalue weighted by Crippen LogP contribution is -2.54. The molecule has 4 fully saturated rings. The van der Waals surface area contributed by atoms with Crippen LogP contribution in [0.3, 0.4) is 0 Å². The van der Waals surface area contributed by atoms with Crippen LogP contribution in [0.15, 0.2) is 12.7 Å². The molecular weight excluding hydrogens is 345 g/mol. The lowest BCUT2D eigenvalue weighted by molar-refractivity contribution is -0.160. The first-order valence-electron chi connectivity index (χ1n) is 9.44. The summed E-state index contributed by atoms with van der Waals surface area (Å²) in [5.74, 6) is 1.30. The molecule has 7 heteroatoms. The lowest BCUT2D eigenvalue weighted by atomic mass is 9.49. The van der Waals surface area contributed by atoms with E-state index in [1.54, 1.807) is 0 Å². The summed E-state index contributed by atoms with van der Waals surface area (Å²) in [5.41, 5.74) is -0.301. The number of alkyl halides is 3. The van der Waals surface area contributed by atoms with E-state index in [0.717, 1.165) is 24.2 Å². The molecular formula is C19H27F3N2O2. The van der Waals surface area contributed by atoms with Crippen molar-refractivity contribution in [2.24, 2.45) is 23.2 Å². The molecule has 4 aliphatic rings. The summed E-state index contributed by atoms with van der Waals surface area (Å²) in [6, 6.07) is 0. The zero-order valence-corrected chi connectivity index (χ0v) is 15.0. The minimum absolute atomic E-state index is 0.00417. The Morgan fingerprint density at radius 3 is 2.12 bits per heavy atom. The fourth-order valence-electron chi connectivity index (χ4n) is 5.64. The van der Waals surface area contributed by atoms with Gasteiger partial charge in [0, 0.05) is 24.9 Å². The van der Waals surface area contributed by atoms with E-state index in [0.29, 0.717) is 17.8 Å². The third-order valence-electron chi connectivity index (χ3n) is 6.22. The molecule has 0 atom stereocenters. The van der Waals surface area contributed by atoms with E-state index in [-0.39, 0.29) is 30.8 Å². The van der Waals surface area contributed by atoms with Crippen LogP contribution >= 0.6 is 0 Å². The second-order valence-electron chi connectivity index (χ2n) is 8.38. The second kappa shape index (κ2) is 7.24. The van der Waals surface area contributed by atoms with Crippen LogP contribution in [-0.4, -0.2) is 42.5 Å². The molecule has 4 saturated carbocycles. The Hall–Kier alpha value is -1.53. The molecule has 4 bridgehead atoms. The number of hydrogen-bond acceptors (Lipinski definition) is 2. The first kappa shape index (κ1) is 19.2. The Labute approximate surface area is 152 Å². The smallest absolute Gasteiger partial charge is 0.355 e. The van der Waals surface area contributed by atoms with Crippen molar-refractivity contribution in [1.29, 1.82) is 0 Å². The Morgan fingerprint density at radius 2 is 1.65 bits per heavy atom. The SMILES string of the molecule is C=CCN(CC(F)(F)F)C(=O)CCNC(=O)C12CC3CC(CC(C3)C1)C2. The molecule has 0 aromatic rings. The highest BCUT2D eigenvalue weighted by molar-refractivity contribution is 5.84. The quantitative estimate of drug-likeness (QED) is 0.697. The van der Waals surface area contributed by atoms with Crippen LogP contribution in [0.2, 0.25) is 0 Å². The van der Waals surface area contributed by atoms with Crippen LogP contribution < -0.4 is 5.32 Å². The van der Waals surface area contributed by atoms with Gasteiger partial charge in [0.1, 0.15) is 6.54 Å². The summed E-state index contributed by atoms with van der Waals surface area (Å²) in [5, 5.41) is 2.84. The summed E-state index contributed by atoms with van der Waals surface area (Å²) in [7, 11) is 0. The van der Waals surface area contributed by atoms with Crippen molar-refractivity contribution in [3.05, 3.63) is 12.7 Å². The topological polar surface area (TPSA) is 49.4 Å². The third-order valence-corrected chi connectivity index (χ3v) is 6.22. The predicted molar refractivity (Wildman–Crippen MR) is 91.1 cm³/mol. The van der Waals surface area contributed by atoms with Gasteiger partial charge in [0.05, 0.1) is 0 Å². The summed E-state index contributed by atoms with van der Waals surface area (Å²) < 4.78 is 37.7. The van der Waals surface area contributed by atoms with E-state index in [4.69, 9.17) is 0 Å². The molecule has 0 heterocycles. The average Bonchev–Trinajstić information content (AvgIpc) is 2.51. The standard InChI is InChI=1S/C19H27F3N2O2/c1-2-5-24(12-19(20,21)22)16(25)3-4-23-17(26)18-9-13-6-14(10-18)8-15(7-13)11-18/h2,13-15H,1,3-12H2,(H,23,26). The number of halogens is 3. The predicted octanol–water partition coefficient (Wildman–Crippen LogP) is 3.29. The Balaban J connectivity index is 1.50. The molecule has 0 aliphatic heterocycles. The highest BCUT2D eigenvalue weighted by Gasteiger charge is 2.54.